The third-order valence-electron chi connectivity index (χ3n) is 5.18. The van der Waals surface area contributed by atoms with Gasteiger partial charge in [-0.15, -0.1) is 11.3 Å². The van der Waals surface area contributed by atoms with Gasteiger partial charge in [-0.1, -0.05) is 18.2 Å². The summed E-state index contributed by atoms with van der Waals surface area (Å²) in [6.45, 7) is 2.92. The second-order valence-corrected chi connectivity index (χ2v) is 8.50. The van der Waals surface area contributed by atoms with Crippen molar-refractivity contribution < 1.29 is 28.7 Å². The molecule has 0 fully saturated rings. The number of carbonyl (C=O) groups is 4. The number of H-pyrrole nitrogens is 1. The number of aryl methyl sites for hydroxylation is 1. The predicted octanol–water partition coefficient (Wildman–Crippen LogP) is 3.58. The summed E-state index contributed by atoms with van der Waals surface area (Å²) in [6.07, 6.45) is 3.38. The van der Waals surface area contributed by atoms with Crippen molar-refractivity contribution in [2.45, 2.75) is 33.1 Å². The second-order valence-electron chi connectivity index (χ2n) is 7.48. The first-order chi connectivity index (χ1) is 16.3. The van der Waals surface area contributed by atoms with Crippen LogP contribution in [0.25, 0.3) is 10.9 Å². The summed E-state index contributed by atoms with van der Waals surface area (Å²) >= 11 is 0.961. The molecular formula is C24H27N3O6S. The van der Waals surface area contributed by atoms with E-state index < -0.39 is 24.5 Å². The number of fused-ring (bicyclic) bond motifs is 1. The smallest absolute Gasteiger partial charge is 0.341 e. The SMILES string of the molecule is CCOC(=O)c1c(NC(=O)COC(=O)CCCc2c[nH]c3ccccc23)sc(C(=O)NC)c1C. The highest BCUT2D eigenvalue weighted by Gasteiger charge is 2.26. The zero-order valence-corrected chi connectivity index (χ0v) is 20.1. The van der Waals surface area contributed by atoms with Gasteiger partial charge in [0.25, 0.3) is 11.8 Å². The van der Waals surface area contributed by atoms with E-state index in [1.807, 2.05) is 30.5 Å². The highest BCUT2D eigenvalue weighted by molar-refractivity contribution is 7.18. The molecule has 3 aromatic rings. The van der Waals surface area contributed by atoms with Crippen molar-refractivity contribution in [1.82, 2.24) is 10.3 Å². The molecular weight excluding hydrogens is 458 g/mol. The summed E-state index contributed by atoms with van der Waals surface area (Å²) in [6, 6.07) is 7.94. The fourth-order valence-electron chi connectivity index (χ4n) is 3.52. The minimum absolute atomic E-state index is 0.115. The van der Waals surface area contributed by atoms with Crippen LogP contribution in [-0.2, 0) is 25.5 Å². The quantitative estimate of drug-likeness (QED) is 0.377. The Balaban J connectivity index is 1.54. The lowest BCUT2D eigenvalue weighted by molar-refractivity contribution is -0.147. The highest BCUT2D eigenvalue weighted by Crippen LogP contribution is 2.33. The number of anilines is 1. The number of rotatable bonds is 10. The Kier molecular flexibility index (Phi) is 8.42. The molecule has 3 N–H and O–H groups in total. The lowest BCUT2D eigenvalue weighted by atomic mass is 10.1. The average molecular weight is 486 g/mol. The molecule has 2 aromatic heterocycles. The molecule has 9 nitrogen and oxygen atoms in total. The van der Waals surface area contributed by atoms with Crippen molar-refractivity contribution in [3.05, 3.63) is 52.0 Å². The van der Waals surface area contributed by atoms with Crippen LogP contribution in [0.5, 0.6) is 0 Å². The predicted molar refractivity (Wildman–Crippen MR) is 129 cm³/mol. The van der Waals surface area contributed by atoms with E-state index in [2.05, 4.69) is 15.6 Å². The molecule has 34 heavy (non-hydrogen) atoms. The summed E-state index contributed by atoms with van der Waals surface area (Å²) in [5, 5.41) is 6.36. The van der Waals surface area contributed by atoms with Gasteiger partial charge in [0.2, 0.25) is 0 Å². The molecule has 1 aromatic carbocycles. The maximum absolute atomic E-state index is 12.4. The van der Waals surface area contributed by atoms with E-state index >= 15 is 0 Å². The molecule has 0 aliphatic rings. The van der Waals surface area contributed by atoms with Crippen LogP contribution < -0.4 is 10.6 Å². The molecule has 0 aliphatic heterocycles. The first kappa shape index (κ1) is 25.0. The van der Waals surface area contributed by atoms with E-state index in [1.165, 1.54) is 7.05 Å². The van der Waals surface area contributed by atoms with Crippen LogP contribution in [0.1, 0.15) is 50.9 Å². The Morgan fingerprint density at radius 3 is 2.62 bits per heavy atom. The number of aromatic amines is 1. The van der Waals surface area contributed by atoms with E-state index in [0.29, 0.717) is 18.4 Å². The molecule has 180 valence electrons. The van der Waals surface area contributed by atoms with Gasteiger partial charge in [0, 0.05) is 30.6 Å². The Morgan fingerprint density at radius 2 is 1.88 bits per heavy atom. The van der Waals surface area contributed by atoms with Crippen molar-refractivity contribution in [3.63, 3.8) is 0 Å². The van der Waals surface area contributed by atoms with Gasteiger partial charge in [-0.3, -0.25) is 14.4 Å². The molecule has 2 amide bonds. The van der Waals surface area contributed by atoms with Crippen molar-refractivity contribution >= 4 is 51.0 Å². The Labute approximate surface area is 200 Å². The van der Waals surface area contributed by atoms with Gasteiger partial charge in [-0.25, -0.2) is 4.79 Å². The standard InChI is InChI=1S/C24H27N3O6S/c1-4-32-24(31)20-14(2)21(22(30)25-3)34-23(20)27-18(28)13-33-19(29)11-7-8-15-12-26-17-10-6-5-9-16(15)17/h5-6,9-10,12,26H,4,7-8,11,13H2,1-3H3,(H,25,30)(H,27,28). The zero-order chi connectivity index (χ0) is 24.7. The van der Waals surface area contributed by atoms with Crippen LogP contribution >= 0.6 is 11.3 Å². The maximum atomic E-state index is 12.4. The molecule has 10 heteroatoms. The van der Waals surface area contributed by atoms with Crippen LogP contribution in [0.4, 0.5) is 5.00 Å². The Hall–Kier alpha value is -3.66. The first-order valence-corrected chi connectivity index (χ1v) is 11.7. The summed E-state index contributed by atoms with van der Waals surface area (Å²) in [5.41, 5.74) is 2.69. The third-order valence-corrected chi connectivity index (χ3v) is 6.38. The fraction of sp³-hybridized carbons (Fsp3) is 0.333. The second kappa shape index (κ2) is 11.5. The number of hydrogen-bond acceptors (Lipinski definition) is 7. The van der Waals surface area contributed by atoms with Crippen LogP contribution in [0.3, 0.4) is 0 Å². The molecule has 0 saturated heterocycles. The van der Waals surface area contributed by atoms with E-state index in [1.54, 1.807) is 13.8 Å². The van der Waals surface area contributed by atoms with Crippen LogP contribution in [0.15, 0.2) is 30.5 Å². The number of thiophene rings is 1. The van der Waals surface area contributed by atoms with E-state index in [-0.39, 0.29) is 34.4 Å². The van der Waals surface area contributed by atoms with Gasteiger partial charge in [0.15, 0.2) is 6.61 Å². The van der Waals surface area contributed by atoms with Gasteiger partial charge >= 0.3 is 11.9 Å². The minimum atomic E-state index is -0.643. The molecule has 0 bridgehead atoms. The number of ether oxygens (including phenoxy) is 2. The number of benzene rings is 1. The number of para-hydroxylation sites is 1. The summed E-state index contributed by atoms with van der Waals surface area (Å²) in [5.74, 6) is -2.12. The molecule has 2 heterocycles. The zero-order valence-electron chi connectivity index (χ0n) is 19.3. The van der Waals surface area contributed by atoms with Gasteiger partial charge in [0.1, 0.15) is 5.00 Å². The van der Waals surface area contributed by atoms with E-state index in [9.17, 15) is 19.2 Å². The number of esters is 2. The number of carbonyl (C=O) groups excluding carboxylic acids is 4. The largest absolute Gasteiger partial charge is 0.462 e. The summed E-state index contributed by atoms with van der Waals surface area (Å²) in [7, 11) is 1.47. The molecule has 0 radical (unpaired) electrons. The molecule has 0 aliphatic carbocycles. The summed E-state index contributed by atoms with van der Waals surface area (Å²) < 4.78 is 10.1. The number of amides is 2. The fourth-order valence-corrected chi connectivity index (χ4v) is 4.68. The third kappa shape index (κ3) is 5.82. The Morgan fingerprint density at radius 1 is 1.12 bits per heavy atom. The highest BCUT2D eigenvalue weighted by atomic mass is 32.1. The van der Waals surface area contributed by atoms with Crippen molar-refractivity contribution in [1.29, 1.82) is 0 Å². The van der Waals surface area contributed by atoms with E-state index in [0.717, 1.165) is 27.8 Å². The summed E-state index contributed by atoms with van der Waals surface area (Å²) in [4.78, 5) is 52.4. The monoisotopic (exact) mass is 485 g/mol. The van der Waals surface area contributed by atoms with Gasteiger partial charge in [-0.2, -0.15) is 0 Å². The normalized spacial score (nSPS) is 10.7. The van der Waals surface area contributed by atoms with Gasteiger partial charge < -0.3 is 25.1 Å². The Bertz CT molecular complexity index is 1210. The van der Waals surface area contributed by atoms with Crippen LogP contribution in [0.2, 0.25) is 0 Å². The molecule has 0 spiro atoms. The van der Waals surface area contributed by atoms with Crippen LogP contribution in [-0.4, -0.2) is 49.0 Å². The first-order valence-electron chi connectivity index (χ1n) is 10.9. The topological polar surface area (TPSA) is 127 Å². The molecule has 3 rings (SSSR count). The average Bonchev–Trinajstić information content (AvgIpc) is 3.38. The van der Waals surface area contributed by atoms with Crippen molar-refractivity contribution in [2.75, 3.05) is 25.6 Å². The molecule has 0 atom stereocenters. The van der Waals surface area contributed by atoms with Gasteiger partial charge in [-0.05, 0) is 43.9 Å². The lowest BCUT2D eigenvalue weighted by Gasteiger charge is -2.08. The van der Waals surface area contributed by atoms with Crippen molar-refractivity contribution in [2.24, 2.45) is 0 Å². The number of hydrogen-bond donors (Lipinski definition) is 3. The molecule has 0 saturated carbocycles. The van der Waals surface area contributed by atoms with Gasteiger partial charge in [0.05, 0.1) is 17.0 Å². The van der Waals surface area contributed by atoms with E-state index in [4.69, 9.17) is 9.47 Å². The minimum Gasteiger partial charge on any atom is -0.462 e. The lowest BCUT2D eigenvalue weighted by Crippen LogP contribution is -2.21. The number of nitrogens with one attached hydrogen (secondary N) is 3. The number of aromatic nitrogens is 1. The molecule has 0 unspecified atom stereocenters. The van der Waals surface area contributed by atoms with Crippen molar-refractivity contribution in [3.8, 4) is 0 Å². The van der Waals surface area contributed by atoms with Crippen LogP contribution in [0, 0.1) is 6.92 Å². The maximum Gasteiger partial charge on any atom is 0.341 e.